The second-order valence-corrected chi connectivity index (χ2v) is 12.8. The van der Waals surface area contributed by atoms with Crippen molar-refractivity contribution in [2.45, 2.75) is 64.0 Å². The SMILES string of the molecule is Cc1occc1C(=O)OCC(COC(=O)c1ccoc1C)NC(=O)OC(C)(C)C1CCC(c2ccc(O)cc2)(c2cccc(Cl)c2)C1. The molecule has 1 fully saturated rings. The number of carbonyl (C=O) groups is 3. The Morgan fingerprint density at radius 1 is 0.936 bits per heavy atom. The molecule has 248 valence electrons. The number of carbonyl (C=O) groups excluding carboxylic acids is 3. The molecular weight excluding hydrogens is 626 g/mol. The molecule has 2 aromatic carbocycles. The number of furan rings is 2. The summed E-state index contributed by atoms with van der Waals surface area (Å²) in [5.74, 6) is -0.392. The molecule has 1 saturated carbocycles. The van der Waals surface area contributed by atoms with Crippen LogP contribution in [-0.4, -0.2) is 48.0 Å². The smallest absolute Gasteiger partial charge is 0.408 e. The van der Waals surface area contributed by atoms with Crippen molar-refractivity contribution in [3.05, 3.63) is 112 Å². The molecule has 5 rings (SSSR count). The Balaban J connectivity index is 1.29. The van der Waals surface area contributed by atoms with Gasteiger partial charge in [0.2, 0.25) is 0 Å². The van der Waals surface area contributed by atoms with E-state index in [9.17, 15) is 19.5 Å². The number of ether oxygens (including phenoxy) is 3. The Morgan fingerprint density at radius 2 is 1.53 bits per heavy atom. The van der Waals surface area contributed by atoms with Crippen LogP contribution in [0.2, 0.25) is 5.02 Å². The van der Waals surface area contributed by atoms with Crippen molar-refractivity contribution in [2.24, 2.45) is 5.92 Å². The molecule has 1 aliphatic rings. The molecule has 2 atom stereocenters. The zero-order chi connectivity index (χ0) is 33.8. The van der Waals surface area contributed by atoms with Crippen LogP contribution in [0.4, 0.5) is 4.79 Å². The van der Waals surface area contributed by atoms with Gasteiger partial charge in [-0.05, 0) is 100 Å². The van der Waals surface area contributed by atoms with Crippen molar-refractivity contribution in [2.75, 3.05) is 13.2 Å². The van der Waals surface area contributed by atoms with Gasteiger partial charge in [0.1, 0.15) is 53.3 Å². The molecule has 11 heteroatoms. The van der Waals surface area contributed by atoms with Gasteiger partial charge in [0.25, 0.3) is 0 Å². The van der Waals surface area contributed by atoms with Crippen molar-refractivity contribution in [1.29, 1.82) is 0 Å². The molecule has 1 amide bonds. The number of alkyl carbamates (subject to hydrolysis) is 1. The van der Waals surface area contributed by atoms with Gasteiger partial charge in [-0.25, -0.2) is 14.4 Å². The van der Waals surface area contributed by atoms with Crippen molar-refractivity contribution >= 4 is 29.6 Å². The van der Waals surface area contributed by atoms with Crippen LogP contribution in [0.1, 0.15) is 76.5 Å². The number of hydrogen-bond acceptors (Lipinski definition) is 9. The number of esters is 2. The summed E-state index contributed by atoms with van der Waals surface area (Å²) < 4.78 is 27.3. The van der Waals surface area contributed by atoms with E-state index in [-0.39, 0.29) is 36.0 Å². The Kier molecular flexibility index (Phi) is 10.0. The van der Waals surface area contributed by atoms with Crippen LogP contribution in [0, 0.1) is 19.8 Å². The van der Waals surface area contributed by atoms with Crippen molar-refractivity contribution in [3.63, 3.8) is 0 Å². The zero-order valence-corrected chi connectivity index (χ0v) is 27.5. The number of rotatable bonds is 11. The average molecular weight is 664 g/mol. The number of amides is 1. The summed E-state index contributed by atoms with van der Waals surface area (Å²) in [6.07, 6.45) is 4.18. The maximum Gasteiger partial charge on any atom is 0.408 e. The first-order chi connectivity index (χ1) is 22.4. The summed E-state index contributed by atoms with van der Waals surface area (Å²) in [5, 5.41) is 13.3. The fraction of sp³-hybridized carbons (Fsp3) is 0.361. The molecule has 0 radical (unpaired) electrons. The highest BCUT2D eigenvalue weighted by Crippen LogP contribution is 2.52. The highest BCUT2D eigenvalue weighted by Gasteiger charge is 2.48. The first kappa shape index (κ1) is 33.7. The van der Waals surface area contributed by atoms with E-state index in [2.05, 4.69) is 5.32 Å². The van der Waals surface area contributed by atoms with Gasteiger partial charge >= 0.3 is 18.0 Å². The van der Waals surface area contributed by atoms with Crippen LogP contribution in [0.3, 0.4) is 0 Å². The summed E-state index contributed by atoms with van der Waals surface area (Å²) in [4.78, 5) is 38.7. The van der Waals surface area contributed by atoms with Crippen LogP contribution in [0.5, 0.6) is 5.75 Å². The third-order valence-corrected chi connectivity index (χ3v) is 9.20. The van der Waals surface area contributed by atoms with Gasteiger partial charge in [-0.3, -0.25) is 0 Å². The van der Waals surface area contributed by atoms with Gasteiger partial charge in [0, 0.05) is 10.4 Å². The van der Waals surface area contributed by atoms with Crippen LogP contribution in [-0.2, 0) is 19.6 Å². The Morgan fingerprint density at radius 3 is 2.06 bits per heavy atom. The monoisotopic (exact) mass is 663 g/mol. The van der Waals surface area contributed by atoms with Gasteiger partial charge in [-0.1, -0.05) is 35.9 Å². The molecule has 2 heterocycles. The predicted molar refractivity (Wildman–Crippen MR) is 173 cm³/mol. The minimum atomic E-state index is -0.920. The quantitative estimate of drug-likeness (QED) is 0.123. The molecule has 0 saturated heterocycles. The lowest BCUT2D eigenvalue weighted by atomic mass is 9.71. The van der Waals surface area contributed by atoms with Gasteiger partial charge in [-0.2, -0.15) is 0 Å². The van der Waals surface area contributed by atoms with Crippen LogP contribution >= 0.6 is 11.6 Å². The van der Waals surface area contributed by atoms with Crippen LogP contribution < -0.4 is 5.32 Å². The third kappa shape index (κ3) is 7.65. The molecule has 0 aliphatic heterocycles. The number of aromatic hydroxyl groups is 1. The molecule has 4 aromatic rings. The highest BCUT2D eigenvalue weighted by atomic mass is 35.5. The molecule has 1 aliphatic carbocycles. The molecule has 2 N–H and O–H groups in total. The Labute approximate surface area is 277 Å². The number of aryl methyl sites for hydroxylation is 2. The third-order valence-electron chi connectivity index (χ3n) is 8.96. The van der Waals surface area contributed by atoms with E-state index < -0.39 is 35.1 Å². The number of benzene rings is 2. The lowest BCUT2D eigenvalue weighted by Gasteiger charge is -2.35. The summed E-state index contributed by atoms with van der Waals surface area (Å²) in [6.45, 7) is 6.40. The molecule has 2 aromatic heterocycles. The molecule has 10 nitrogen and oxygen atoms in total. The first-order valence-electron chi connectivity index (χ1n) is 15.4. The molecule has 2 unspecified atom stereocenters. The number of hydrogen-bond donors (Lipinski definition) is 2. The fourth-order valence-corrected chi connectivity index (χ4v) is 6.44. The van der Waals surface area contributed by atoms with Gasteiger partial charge < -0.3 is 33.5 Å². The van der Waals surface area contributed by atoms with E-state index >= 15 is 0 Å². The summed E-state index contributed by atoms with van der Waals surface area (Å²) in [5.41, 5.74) is 1.24. The maximum absolute atomic E-state index is 13.4. The topological polar surface area (TPSA) is 137 Å². The number of halogens is 1. The van der Waals surface area contributed by atoms with E-state index in [1.165, 1.54) is 24.7 Å². The molecular formula is C36H38ClNO9. The summed E-state index contributed by atoms with van der Waals surface area (Å²) in [6, 6.07) is 17.0. The second kappa shape index (κ2) is 14.0. The van der Waals surface area contributed by atoms with Gasteiger partial charge in [-0.15, -0.1) is 0 Å². The van der Waals surface area contributed by atoms with Crippen LogP contribution in [0.25, 0.3) is 0 Å². The minimum Gasteiger partial charge on any atom is -0.508 e. The molecule has 0 bridgehead atoms. The van der Waals surface area contributed by atoms with Crippen molar-refractivity contribution in [3.8, 4) is 5.75 Å². The number of nitrogens with one attached hydrogen (secondary N) is 1. The summed E-state index contributed by atoms with van der Waals surface area (Å²) >= 11 is 6.42. The van der Waals surface area contributed by atoms with E-state index in [4.69, 9.17) is 34.6 Å². The minimum absolute atomic E-state index is 0.0525. The Bertz CT molecular complexity index is 1670. The first-order valence-corrected chi connectivity index (χ1v) is 15.7. The molecule has 47 heavy (non-hydrogen) atoms. The lowest BCUT2D eigenvalue weighted by Crippen LogP contribution is -2.47. The highest BCUT2D eigenvalue weighted by molar-refractivity contribution is 6.30. The van der Waals surface area contributed by atoms with Crippen molar-refractivity contribution in [1.82, 2.24) is 5.32 Å². The Hall–Kier alpha value is -4.70. The van der Waals surface area contributed by atoms with Gasteiger partial charge in [0.15, 0.2) is 0 Å². The summed E-state index contributed by atoms with van der Waals surface area (Å²) in [7, 11) is 0. The largest absolute Gasteiger partial charge is 0.508 e. The number of phenols is 1. The van der Waals surface area contributed by atoms with Gasteiger partial charge in [0.05, 0.1) is 12.5 Å². The second-order valence-electron chi connectivity index (χ2n) is 12.4. The van der Waals surface area contributed by atoms with Crippen LogP contribution in [0.15, 0.2) is 82.0 Å². The number of phenolic OH excluding ortho intramolecular Hbond substituents is 1. The standard InChI is InChI=1S/C36H38ClNO9/c1-22-30(13-16-43-22)32(40)45-20-28(21-46-33(41)31-14-17-44-23(31)2)38-34(42)47-35(3,4)26-12-15-36(19-26,24-8-10-29(39)11-9-24)25-6-5-7-27(37)18-25/h5-11,13-14,16-18,26,28,39H,12,15,19-21H2,1-4H3,(H,38,42). The average Bonchev–Trinajstić information content (AvgIpc) is 3.79. The van der Waals surface area contributed by atoms with E-state index in [0.29, 0.717) is 23.0 Å². The molecule has 0 spiro atoms. The van der Waals surface area contributed by atoms with Crippen molar-refractivity contribution < 1.29 is 42.5 Å². The van der Waals surface area contributed by atoms with E-state index in [1.807, 2.05) is 50.2 Å². The van der Waals surface area contributed by atoms with E-state index in [0.717, 1.165) is 24.0 Å². The fourth-order valence-electron chi connectivity index (χ4n) is 6.25. The van der Waals surface area contributed by atoms with E-state index in [1.54, 1.807) is 26.0 Å². The predicted octanol–water partition coefficient (Wildman–Crippen LogP) is 7.52. The maximum atomic E-state index is 13.4. The normalized spacial score (nSPS) is 17.8. The lowest BCUT2D eigenvalue weighted by molar-refractivity contribution is -0.0117. The zero-order valence-electron chi connectivity index (χ0n) is 26.7.